The van der Waals surface area contributed by atoms with E-state index in [9.17, 15) is 41.5 Å². The number of nitrogens with zero attached hydrogens (tertiary/aromatic N) is 1. The molecule has 4 aromatic rings. The molecule has 16 heteroatoms. The van der Waals surface area contributed by atoms with Crippen molar-refractivity contribution in [3.05, 3.63) is 130 Å². The lowest BCUT2D eigenvalue weighted by Crippen LogP contribution is -2.48. The molecule has 0 spiro atoms. The van der Waals surface area contributed by atoms with Crippen molar-refractivity contribution in [3.8, 4) is 5.75 Å². The number of aliphatic hydroxyl groups excluding tert-OH is 1. The molecule has 0 radical (unpaired) electrons. The van der Waals surface area contributed by atoms with Crippen molar-refractivity contribution in [1.82, 2.24) is 16.0 Å². The largest absolute Gasteiger partial charge is 0.491 e. The van der Waals surface area contributed by atoms with E-state index in [0.717, 1.165) is 28.3 Å². The van der Waals surface area contributed by atoms with Gasteiger partial charge in [0.1, 0.15) is 24.0 Å². The Morgan fingerprint density at radius 3 is 1.98 bits per heavy atom. The van der Waals surface area contributed by atoms with E-state index in [1.165, 1.54) is 49.5 Å². The second-order valence-electron chi connectivity index (χ2n) is 12.2. The van der Waals surface area contributed by atoms with Gasteiger partial charge in [-0.25, -0.2) is 22.0 Å². The Bertz CT molecular complexity index is 2050. The zero-order valence-electron chi connectivity index (χ0n) is 28.9. The molecule has 0 unspecified atom stereocenters. The zero-order chi connectivity index (χ0) is 38.9. The van der Waals surface area contributed by atoms with E-state index in [-0.39, 0.29) is 34.7 Å². The number of ether oxygens (including phenoxy) is 1. The fourth-order valence-electron chi connectivity index (χ4n) is 5.02. The van der Waals surface area contributed by atoms with Crippen LogP contribution in [0, 0.1) is 11.6 Å². The zero-order valence-corrected chi connectivity index (χ0v) is 29.7. The Morgan fingerprint density at radius 2 is 1.42 bits per heavy atom. The van der Waals surface area contributed by atoms with Crippen molar-refractivity contribution in [3.63, 3.8) is 0 Å². The maximum absolute atomic E-state index is 13.9. The Morgan fingerprint density at radius 1 is 0.830 bits per heavy atom. The molecule has 0 saturated heterocycles. The summed E-state index contributed by atoms with van der Waals surface area (Å²) in [7, 11) is -2.62. The van der Waals surface area contributed by atoms with Gasteiger partial charge in [0.25, 0.3) is 11.8 Å². The molecule has 0 saturated carbocycles. The summed E-state index contributed by atoms with van der Waals surface area (Å²) in [6.45, 7) is 1.15. The minimum absolute atomic E-state index is 0.0179. The number of carbonyl (C=O) groups excluding carboxylic acids is 3. The summed E-state index contributed by atoms with van der Waals surface area (Å²) in [4.78, 5) is 51.1. The monoisotopic (exact) mass is 752 g/mol. The van der Waals surface area contributed by atoms with Gasteiger partial charge in [-0.15, -0.1) is 0 Å². The molecule has 4 rings (SSSR count). The second-order valence-corrected chi connectivity index (χ2v) is 14.2. The summed E-state index contributed by atoms with van der Waals surface area (Å²) in [6.07, 6.45) is -1.28. The smallest absolute Gasteiger partial charge is 0.335 e. The summed E-state index contributed by atoms with van der Waals surface area (Å²) in [5.74, 6) is -5.48. The molecule has 4 aromatic carbocycles. The minimum atomic E-state index is -3.86. The van der Waals surface area contributed by atoms with Crippen LogP contribution in [0.3, 0.4) is 0 Å². The van der Waals surface area contributed by atoms with E-state index in [2.05, 4.69) is 16.0 Å². The number of rotatable bonds is 16. The van der Waals surface area contributed by atoms with E-state index in [4.69, 9.17) is 9.84 Å². The quantitative estimate of drug-likeness (QED) is 0.113. The molecule has 280 valence electrons. The third-order valence-corrected chi connectivity index (χ3v) is 9.29. The van der Waals surface area contributed by atoms with Crippen LogP contribution < -0.4 is 25.0 Å². The van der Waals surface area contributed by atoms with Crippen molar-refractivity contribution in [2.24, 2.45) is 0 Å². The SMILES string of the molecule is C[C@@H](NC(=O)c1cc(C(=O)N[C@@H](COc2cc(F)cc(F)c2)[C@@H](O)CC(=O)NCc2ccc(C(=O)O)cc2)cc(N(C)S(C)(=O)=O)c1)c1ccccc1. The van der Waals surface area contributed by atoms with Gasteiger partial charge in [0.05, 0.1) is 42.1 Å². The van der Waals surface area contributed by atoms with Crippen LogP contribution in [-0.2, 0) is 21.4 Å². The average Bonchev–Trinajstić information content (AvgIpc) is 3.11. The van der Waals surface area contributed by atoms with Gasteiger partial charge in [0, 0.05) is 42.9 Å². The van der Waals surface area contributed by atoms with E-state index < -0.39 is 76.6 Å². The molecule has 53 heavy (non-hydrogen) atoms. The molecule has 0 aliphatic rings. The van der Waals surface area contributed by atoms with Gasteiger partial charge in [-0.1, -0.05) is 42.5 Å². The lowest BCUT2D eigenvalue weighted by molar-refractivity contribution is -0.123. The van der Waals surface area contributed by atoms with Crippen LogP contribution >= 0.6 is 0 Å². The Labute approximate surface area is 304 Å². The van der Waals surface area contributed by atoms with Crippen molar-refractivity contribution in [1.29, 1.82) is 0 Å². The van der Waals surface area contributed by atoms with E-state index in [1.54, 1.807) is 19.1 Å². The highest BCUT2D eigenvalue weighted by Gasteiger charge is 2.27. The number of benzene rings is 4. The molecule has 0 fully saturated rings. The van der Waals surface area contributed by atoms with E-state index in [1.807, 2.05) is 18.2 Å². The number of carboxylic acid groups (broad SMARTS) is 1. The first-order valence-corrected chi connectivity index (χ1v) is 18.0. The first-order valence-electron chi connectivity index (χ1n) is 16.1. The van der Waals surface area contributed by atoms with Gasteiger partial charge in [0.2, 0.25) is 15.9 Å². The predicted octanol–water partition coefficient (Wildman–Crippen LogP) is 3.79. The number of amides is 3. The Balaban J connectivity index is 1.58. The van der Waals surface area contributed by atoms with Gasteiger partial charge in [0.15, 0.2) is 0 Å². The molecule has 0 heterocycles. The number of aromatic carboxylic acids is 1. The number of nitrogens with one attached hydrogen (secondary N) is 3. The average molecular weight is 753 g/mol. The van der Waals surface area contributed by atoms with Crippen molar-refractivity contribution in [2.45, 2.75) is 38.1 Å². The van der Waals surface area contributed by atoms with Crippen LogP contribution in [0.2, 0.25) is 0 Å². The molecule has 0 aliphatic heterocycles. The van der Waals surface area contributed by atoms with Crippen LogP contribution in [-0.4, -0.2) is 74.4 Å². The van der Waals surface area contributed by atoms with Crippen molar-refractivity contribution >= 4 is 39.4 Å². The fourth-order valence-corrected chi connectivity index (χ4v) is 5.51. The summed E-state index contributed by atoms with van der Waals surface area (Å²) < 4.78 is 59.0. The molecular weight excluding hydrogens is 714 g/mol. The minimum Gasteiger partial charge on any atom is -0.491 e. The number of carbonyl (C=O) groups is 4. The van der Waals surface area contributed by atoms with Gasteiger partial charge in [-0.2, -0.15) is 0 Å². The molecule has 3 atom stereocenters. The summed E-state index contributed by atoms with van der Waals surface area (Å²) in [5, 5.41) is 28.1. The standard InChI is InChI=1S/C37H38F2N4O9S/c1-22(24-7-5-4-6-8-24)41-35(46)26-13-27(15-30(14-26)43(2)53(3,50)51)36(47)42-32(21-52-31-17-28(38)16-29(39)18-31)33(44)19-34(45)40-20-23-9-11-25(12-10-23)37(48)49/h4-18,22,32-33,44H,19-21H2,1-3H3,(H,40,45)(H,41,46)(H,42,47)(H,48,49)/t22-,32+,33+/m1/s1. The number of halogens is 2. The molecule has 5 N–H and O–H groups in total. The van der Waals surface area contributed by atoms with Crippen molar-refractivity contribution in [2.75, 3.05) is 24.2 Å². The van der Waals surface area contributed by atoms with Crippen LogP contribution in [0.4, 0.5) is 14.5 Å². The van der Waals surface area contributed by atoms with Crippen LogP contribution in [0.15, 0.2) is 91.0 Å². The third kappa shape index (κ3) is 11.6. The number of carboxylic acids is 1. The highest BCUT2D eigenvalue weighted by Crippen LogP contribution is 2.23. The van der Waals surface area contributed by atoms with Gasteiger partial charge in [-0.3, -0.25) is 18.7 Å². The van der Waals surface area contributed by atoms with E-state index in [0.29, 0.717) is 11.6 Å². The van der Waals surface area contributed by atoms with Gasteiger partial charge in [-0.05, 0) is 48.4 Å². The van der Waals surface area contributed by atoms with Crippen LogP contribution in [0.5, 0.6) is 5.75 Å². The van der Waals surface area contributed by atoms with Gasteiger partial charge < -0.3 is 30.9 Å². The Kier molecular flexibility index (Phi) is 13.2. The number of aliphatic hydroxyl groups is 1. The second kappa shape index (κ2) is 17.6. The number of hydrogen-bond acceptors (Lipinski definition) is 8. The highest BCUT2D eigenvalue weighted by atomic mass is 32.2. The Hall–Kier alpha value is -5.87. The lowest BCUT2D eigenvalue weighted by Gasteiger charge is -2.25. The van der Waals surface area contributed by atoms with Crippen LogP contribution in [0.25, 0.3) is 0 Å². The topological polar surface area (TPSA) is 191 Å². The molecule has 0 bridgehead atoms. The summed E-state index contributed by atoms with van der Waals surface area (Å²) in [6, 6.07) is 19.0. The third-order valence-electron chi connectivity index (χ3n) is 8.08. The summed E-state index contributed by atoms with van der Waals surface area (Å²) in [5.41, 5.74) is 1.12. The predicted molar refractivity (Wildman–Crippen MR) is 191 cm³/mol. The van der Waals surface area contributed by atoms with E-state index >= 15 is 0 Å². The number of anilines is 1. The number of sulfonamides is 1. The molecule has 3 amide bonds. The molecular formula is C37H38F2N4O9S. The molecule has 0 aliphatic carbocycles. The molecule has 0 aromatic heterocycles. The maximum atomic E-state index is 13.9. The lowest BCUT2D eigenvalue weighted by atomic mass is 10.0. The summed E-state index contributed by atoms with van der Waals surface area (Å²) >= 11 is 0. The highest BCUT2D eigenvalue weighted by molar-refractivity contribution is 7.92. The fraction of sp³-hybridized carbons (Fsp3) is 0.243. The van der Waals surface area contributed by atoms with Crippen LogP contribution in [0.1, 0.15) is 61.6 Å². The van der Waals surface area contributed by atoms with Gasteiger partial charge >= 0.3 is 5.97 Å². The van der Waals surface area contributed by atoms with Crippen molar-refractivity contribution < 1.29 is 51.3 Å². The molecule has 13 nitrogen and oxygen atoms in total. The first-order chi connectivity index (χ1) is 25.0. The number of hydrogen-bond donors (Lipinski definition) is 5. The maximum Gasteiger partial charge on any atom is 0.335 e. The first kappa shape index (κ1) is 39.9. The normalized spacial score (nSPS) is 12.9.